The smallest absolute Gasteiger partial charge is 0.220 e. The Bertz CT molecular complexity index is 617. The van der Waals surface area contributed by atoms with Crippen molar-refractivity contribution in [2.75, 3.05) is 27.7 Å². The summed E-state index contributed by atoms with van der Waals surface area (Å²) in [6.45, 7) is 1.18. The molecule has 1 amide bonds. The molecule has 138 valence electrons. The van der Waals surface area contributed by atoms with Crippen LogP contribution in [0.1, 0.15) is 31.2 Å². The predicted molar refractivity (Wildman–Crippen MR) is 96.2 cm³/mol. The van der Waals surface area contributed by atoms with Crippen LogP contribution in [0, 0.1) is 5.82 Å². The second-order valence-electron chi connectivity index (χ2n) is 6.24. The number of benzene rings is 1. The first kappa shape index (κ1) is 19.0. The summed E-state index contributed by atoms with van der Waals surface area (Å²) in [5.74, 6) is 0.677. The molecule has 1 aliphatic carbocycles. The van der Waals surface area contributed by atoms with Crippen molar-refractivity contribution in [2.24, 2.45) is 4.99 Å². The van der Waals surface area contributed by atoms with E-state index in [1.54, 1.807) is 13.1 Å². The first-order chi connectivity index (χ1) is 12.0. The van der Waals surface area contributed by atoms with Crippen LogP contribution in [0.25, 0.3) is 0 Å². The fourth-order valence-corrected chi connectivity index (χ4v) is 2.52. The lowest BCUT2D eigenvalue weighted by Gasteiger charge is -2.22. The zero-order valence-corrected chi connectivity index (χ0v) is 15.1. The van der Waals surface area contributed by atoms with Crippen LogP contribution in [-0.2, 0) is 11.3 Å². The molecule has 0 aromatic heterocycles. The van der Waals surface area contributed by atoms with E-state index in [9.17, 15) is 9.18 Å². The SMILES string of the molecule is CN=C(NCCCC(=O)NC1CC1)N(C)Cc1ccc(OC)c(F)c1. The predicted octanol–water partition coefficient (Wildman–Crippen LogP) is 1.90. The van der Waals surface area contributed by atoms with E-state index in [0.717, 1.165) is 24.8 Å². The van der Waals surface area contributed by atoms with E-state index in [2.05, 4.69) is 15.6 Å². The fraction of sp³-hybridized carbons (Fsp3) is 0.556. The third kappa shape index (κ3) is 6.25. The number of aliphatic imine (C=N–C) groups is 1. The molecule has 7 heteroatoms. The Morgan fingerprint density at radius 2 is 2.20 bits per heavy atom. The Hall–Kier alpha value is -2.31. The number of amides is 1. The molecule has 6 nitrogen and oxygen atoms in total. The van der Waals surface area contributed by atoms with Gasteiger partial charge in [0.2, 0.25) is 5.91 Å². The molecule has 0 heterocycles. The number of halogens is 1. The van der Waals surface area contributed by atoms with Crippen LogP contribution in [0.4, 0.5) is 4.39 Å². The Morgan fingerprint density at radius 3 is 2.80 bits per heavy atom. The van der Waals surface area contributed by atoms with Gasteiger partial charge in [0.15, 0.2) is 17.5 Å². The summed E-state index contributed by atoms with van der Waals surface area (Å²) in [4.78, 5) is 17.8. The Morgan fingerprint density at radius 1 is 1.44 bits per heavy atom. The van der Waals surface area contributed by atoms with Gasteiger partial charge in [-0.05, 0) is 37.0 Å². The highest BCUT2D eigenvalue weighted by molar-refractivity contribution is 5.80. The summed E-state index contributed by atoms with van der Waals surface area (Å²) in [6, 6.07) is 5.32. The van der Waals surface area contributed by atoms with Gasteiger partial charge in [0.25, 0.3) is 0 Å². The summed E-state index contributed by atoms with van der Waals surface area (Å²) < 4.78 is 18.7. The number of hydrogen-bond acceptors (Lipinski definition) is 3. The molecule has 1 aliphatic rings. The molecule has 0 bridgehead atoms. The number of nitrogens with one attached hydrogen (secondary N) is 2. The molecular formula is C18H27FN4O2. The third-order valence-electron chi connectivity index (χ3n) is 4.02. The highest BCUT2D eigenvalue weighted by Gasteiger charge is 2.22. The zero-order chi connectivity index (χ0) is 18.2. The summed E-state index contributed by atoms with van der Waals surface area (Å²) in [6.07, 6.45) is 3.46. The highest BCUT2D eigenvalue weighted by Crippen LogP contribution is 2.19. The minimum atomic E-state index is -0.377. The van der Waals surface area contributed by atoms with Crippen molar-refractivity contribution in [3.05, 3.63) is 29.6 Å². The fourth-order valence-electron chi connectivity index (χ4n) is 2.52. The van der Waals surface area contributed by atoms with Gasteiger partial charge in [-0.3, -0.25) is 9.79 Å². The largest absolute Gasteiger partial charge is 0.494 e. The normalized spacial score (nSPS) is 14.2. The van der Waals surface area contributed by atoms with Crippen LogP contribution in [0.3, 0.4) is 0 Å². The van der Waals surface area contributed by atoms with Crippen LogP contribution < -0.4 is 15.4 Å². The highest BCUT2D eigenvalue weighted by atomic mass is 19.1. The first-order valence-corrected chi connectivity index (χ1v) is 8.57. The van der Waals surface area contributed by atoms with Gasteiger partial charge >= 0.3 is 0 Å². The molecule has 0 atom stereocenters. The number of nitrogens with zero attached hydrogens (tertiary/aromatic N) is 2. The molecule has 2 rings (SSSR count). The maximum Gasteiger partial charge on any atom is 0.220 e. The van der Waals surface area contributed by atoms with Crippen molar-refractivity contribution < 1.29 is 13.9 Å². The Balaban J connectivity index is 1.75. The van der Waals surface area contributed by atoms with Crippen molar-refractivity contribution in [1.82, 2.24) is 15.5 Å². The number of methoxy groups -OCH3 is 1. The van der Waals surface area contributed by atoms with E-state index in [0.29, 0.717) is 31.5 Å². The second-order valence-corrected chi connectivity index (χ2v) is 6.24. The molecular weight excluding hydrogens is 323 g/mol. The first-order valence-electron chi connectivity index (χ1n) is 8.57. The molecule has 0 unspecified atom stereocenters. The number of rotatable bonds is 8. The van der Waals surface area contributed by atoms with Crippen LogP contribution in [0.2, 0.25) is 0 Å². The van der Waals surface area contributed by atoms with E-state index in [1.807, 2.05) is 18.0 Å². The van der Waals surface area contributed by atoms with Gasteiger partial charge in [0.05, 0.1) is 7.11 Å². The zero-order valence-electron chi connectivity index (χ0n) is 15.1. The molecule has 25 heavy (non-hydrogen) atoms. The van der Waals surface area contributed by atoms with Crippen LogP contribution in [-0.4, -0.2) is 50.6 Å². The quantitative estimate of drug-likeness (QED) is 0.427. The van der Waals surface area contributed by atoms with Crippen molar-refractivity contribution in [1.29, 1.82) is 0 Å². The molecule has 2 N–H and O–H groups in total. The number of carbonyl (C=O) groups excluding carboxylic acids is 1. The number of guanidine groups is 1. The minimum Gasteiger partial charge on any atom is -0.494 e. The van der Waals surface area contributed by atoms with Gasteiger partial charge in [-0.1, -0.05) is 6.07 Å². The topological polar surface area (TPSA) is 66.0 Å². The van der Waals surface area contributed by atoms with Crippen molar-refractivity contribution in [3.63, 3.8) is 0 Å². The maximum absolute atomic E-state index is 13.8. The van der Waals surface area contributed by atoms with Gasteiger partial charge in [-0.25, -0.2) is 4.39 Å². The van der Waals surface area contributed by atoms with E-state index >= 15 is 0 Å². The molecule has 0 radical (unpaired) electrons. The van der Waals surface area contributed by atoms with Gasteiger partial charge < -0.3 is 20.3 Å². The molecule has 0 saturated heterocycles. The third-order valence-corrected chi connectivity index (χ3v) is 4.02. The number of hydrogen-bond donors (Lipinski definition) is 2. The average Bonchev–Trinajstić information content (AvgIpc) is 3.39. The molecule has 1 saturated carbocycles. The molecule has 1 aromatic rings. The standard InChI is InChI=1S/C18H27FN4O2/c1-20-18(21-10-4-5-17(24)22-14-7-8-14)23(2)12-13-6-9-16(25-3)15(19)11-13/h6,9,11,14H,4-5,7-8,10,12H2,1-3H3,(H,20,21)(H,22,24). The number of ether oxygens (including phenoxy) is 1. The van der Waals surface area contributed by atoms with Gasteiger partial charge in [-0.2, -0.15) is 0 Å². The van der Waals surface area contributed by atoms with E-state index in [-0.39, 0.29) is 17.5 Å². The van der Waals surface area contributed by atoms with Gasteiger partial charge in [0.1, 0.15) is 0 Å². The van der Waals surface area contributed by atoms with Crippen molar-refractivity contribution >= 4 is 11.9 Å². The van der Waals surface area contributed by atoms with Crippen LogP contribution in [0.15, 0.2) is 23.2 Å². The van der Waals surface area contributed by atoms with Gasteiger partial charge in [-0.15, -0.1) is 0 Å². The summed E-state index contributed by atoms with van der Waals surface area (Å²) in [7, 11) is 5.03. The monoisotopic (exact) mass is 350 g/mol. The molecule has 0 spiro atoms. The minimum absolute atomic E-state index is 0.112. The average molecular weight is 350 g/mol. The summed E-state index contributed by atoms with van der Waals surface area (Å²) in [5.41, 5.74) is 0.826. The summed E-state index contributed by atoms with van der Waals surface area (Å²) >= 11 is 0. The maximum atomic E-state index is 13.8. The molecule has 0 aliphatic heterocycles. The van der Waals surface area contributed by atoms with Crippen LogP contribution in [0.5, 0.6) is 5.75 Å². The van der Waals surface area contributed by atoms with Crippen molar-refractivity contribution in [2.45, 2.75) is 38.3 Å². The lowest BCUT2D eigenvalue weighted by atomic mass is 10.2. The molecule has 1 fully saturated rings. The van der Waals surface area contributed by atoms with Crippen LogP contribution >= 0.6 is 0 Å². The Kier molecular flexibility index (Phi) is 7.03. The lowest BCUT2D eigenvalue weighted by Crippen LogP contribution is -2.39. The summed E-state index contributed by atoms with van der Waals surface area (Å²) in [5, 5.41) is 6.20. The Labute approximate surface area is 148 Å². The van der Waals surface area contributed by atoms with Crippen molar-refractivity contribution in [3.8, 4) is 5.75 Å². The van der Waals surface area contributed by atoms with E-state index in [1.165, 1.54) is 13.2 Å². The lowest BCUT2D eigenvalue weighted by molar-refractivity contribution is -0.121. The van der Waals surface area contributed by atoms with Gasteiger partial charge in [0, 0.05) is 39.6 Å². The van der Waals surface area contributed by atoms with E-state index < -0.39 is 0 Å². The second kappa shape index (κ2) is 9.25. The number of carbonyl (C=O) groups is 1. The van der Waals surface area contributed by atoms with E-state index in [4.69, 9.17) is 4.74 Å². The molecule has 1 aromatic carbocycles.